The van der Waals surface area contributed by atoms with Crippen molar-refractivity contribution < 1.29 is 14.3 Å². The van der Waals surface area contributed by atoms with Gasteiger partial charge in [0.25, 0.3) is 0 Å². The lowest BCUT2D eigenvalue weighted by Gasteiger charge is -2.39. The van der Waals surface area contributed by atoms with Gasteiger partial charge in [-0.2, -0.15) is 0 Å². The lowest BCUT2D eigenvalue weighted by atomic mass is 9.69. The summed E-state index contributed by atoms with van der Waals surface area (Å²) >= 11 is 0. The van der Waals surface area contributed by atoms with Crippen LogP contribution in [0, 0.1) is 11.3 Å². The van der Waals surface area contributed by atoms with Crippen molar-refractivity contribution in [3.8, 4) is 0 Å². The lowest BCUT2D eigenvalue weighted by molar-refractivity contribution is -0.139. The fraction of sp³-hybridized carbons (Fsp3) is 0.875. The summed E-state index contributed by atoms with van der Waals surface area (Å²) in [5, 5.41) is 5.38. The third-order valence-electron chi connectivity index (χ3n) is 4.88. The summed E-state index contributed by atoms with van der Waals surface area (Å²) in [6, 6.07) is 0.134. The zero-order valence-electron chi connectivity index (χ0n) is 13.8. The predicted molar refractivity (Wildman–Crippen MR) is 82.8 cm³/mol. The molecule has 122 valence electrons. The van der Waals surface area contributed by atoms with Crippen LogP contribution in [0.5, 0.6) is 0 Å². The van der Waals surface area contributed by atoms with Crippen molar-refractivity contribution in [3.05, 3.63) is 0 Å². The highest BCUT2D eigenvalue weighted by Crippen LogP contribution is 2.40. The Kier molecular flexibility index (Phi) is 7.15. The Morgan fingerprint density at radius 2 is 1.76 bits per heavy atom. The first-order chi connectivity index (χ1) is 9.90. The topological polar surface area (TPSA) is 67.4 Å². The second-order valence-electron chi connectivity index (χ2n) is 6.61. The highest BCUT2D eigenvalue weighted by Gasteiger charge is 2.32. The van der Waals surface area contributed by atoms with Gasteiger partial charge < -0.3 is 15.4 Å². The monoisotopic (exact) mass is 298 g/mol. The first-order valence-electron chi connectivity index (χ1n) is 7.98. The predicted octanol–water partition coefficient (Wildman–Crippen LogP) is 1.86. The molecule has 5 heteroatoms. The van der Waals surface area contributed by atoms with E-state index in [0.717, 1.165) is 25.7 Å². The molecule has 1 rings (SSSR count). The van der Waals surface area contributed by atoms with Gasteiger partial charge in [-0.25, -0.2) is 0 Å². The number of carbonyl (C=O) groups is 2. The molecule has 0 aliphatic heterocycles. The van der Waals surface area contributed by atoms with E-state index in [9.17, 15) is 9.59 Å². The van der Waals surface area contributed by atoms with Crippen LogP contribution in [0.4, 0.5) is 0 Å². The highest BCUT2D eigenvalue weighted by molar-refractivity contribution is 6.35. The van der Waals surface area contributed by atoms with Gasteiger partial charge >= 0.3 is 11.8 Å². The molecule has 0 radical (unpaired) electrons. The molecule has 1 aliphatic rings. The van der Waals surface area contributed by atoms with Crippen LogP contribution < -0.4 is 10.6 Å². The van der Waals surface area contributed by atoms with Crippen molar-refractivity contribution in [1.82, 2.24) is 10.6 Å². The molecule has 0 atom stereocenters. The summed E-state index contributed by atoms with van der Waals surface area (Å²) in [7, 11) is 1.56. The van der Waals surface area contributed by atoms with Crippen LogP contribution in [-0.4, -0.2) is 38.1 Å². The van der Waals surface area contributed by atoms with E-state index < -0.39 is 11.8 Å². The molecule has 0 aromatic rings. The van der Waals surface area contributed by atoms with E-state index >= 15 is 0 Å². The Bertz CT molecular complexity index is 347. The number of carbonyl (C=O) groups excluding carboxylic acids is 2. The van der Waals surface area contributed by atoms with Crippen molar-refractivity contribution in [2.75, 3.05) is 20.3 Å². The van der Waals surface area contributed by atoms with Crippen molar-refractivity contribution in [3.63, 3.8) is 0 Å². The van der Waals surface area contributed by atoms with E-state index in [1.807, 2.05) is 0 Å². The molecule has 21 heavy (non-hydrogen) atoms. The SMILES string of the molecule is CCC(C)(C)C1CCC(NC(=O)C(=O)NCCOC)CC1. The molecule has 1 saturated carbocycles. The smallest absolute Gasteiger partial charge is 0.309 e. The van der Waals surface area contributed by atoms with Gasteiger partial charge in [0.05, 0.1) is 6.61 Å². The number of nitrogens with one attached hydrogen (secondary N) is 2. The highest BCUT2D eigenvalue weighted by atomic mass is 16.5. The van der Waals surface area contributed by atoms with E-state index in [-0.39, 0.29) is 6.04 Å². The van der Waals surface area contributed by atoms with E-state index in [1.165, 1.54) is 6.42 Å². The van der Waals surface area contributed by atoms with Gasteiger partial charge in [0, 0.05) is 19.7 Å². The van der Waals surface area contributed by atoms with Crippen LogP contribution >= 0.6 is 0 Å². The fourth-order valence-electron chi connectivity index (χ4n) is 2.91. The van der Waals surface area contributed by atoms with Crippen molar-refractivity contribution in [1.29, 1.82) is 0 Å². The number of hydrogen-bond acceptors (Lipinski definition) is 3. The van der Waals surface area contributed by atoms with Gasteiger partial charge in [0.1, 0.15) is 0 Å². The molecule has 0 unspecified atom stereocenters. The molecular formula is C16H30N2O3. The molecule has 2 amide bonds. The van der Waals surface area contributed by atoms with Crippen LogP contribution in [0.15, 0.2) is 0 Å². The van der Waals surface area contributed by atoms with Gasteiger partial charge in [0.2, 0.25) is 0 Å². The first-order valence-corrected chi connectivity index (χ1v) is 7.98. The lowest BCUT2D eigenvalue weighted by Crippen LogP contribution is -2.47. The average Bonchev–Trinajstić information content (AvgIpc) is 2.48. The van der Waals surface area contributed by atoms with Crippen LogP contribution in [0.3, 0.4) is 0 Å². The number of ether oxygens (including phenoxy) is 1. The summed E-state index contributed by atoms with van der Waals surface area (Å²) in [6.45, 7) is 7.65. The molecule has 0 bridgehead atoms. The minimum atomic E-state index is -0.567. The zero-order chi connectivity index (χ0) is 15.9. The molecule has 1 aliphatic carbocycles. The number of hydrogen-bond donors (Lipinski definition) is 2. The van der Waals surface area contributed by atoms with E-state index in [1.54, 1.807) is 7.11 Å². The minimum Gasteiger partial charge on any atom is -0.383 e. The molecule has 0 aromatic heterocycles. The van der Waals surface area contributed by atoms with Crippen LogP contribution in [0.25, 0.3) is 0 Å². The van der Waals surface area contributed by atoms with Gasteiger partial charge in [-0.15, -0.1) is 0 Å². The number of rotatable bonds is 6. The van der Waals surface area contributed by atoms with Crippen molar-refractivity contribution in [2.45, 2.75) is 58.9 Å². The molecule has 5 nitrogen and oxygen atoms in total. The minimum absolute atomic E-state index is 0.134. The van der Waals surface area contributed by atoms with Gasteiger partial charge in [-0.3, -0.25) is 9.59 Å². The second-order valence-corrected chi connectivity index (χ2v) is 6.61. The maximum absolute atomic E-state index is 11.8. The van der Waals surface area contributed by atoms with Gasteiger partial charge in [-0.1, -0.05) is 27.2 Å². The van der Waals surface area contributed by atoms with Crippen LogP contribution in [0.2, 0.25) is 0 Å². The summed E-state index contributed by atoms with van der Waals surface area (Å²) in [4.78, 5) is 23.4. The third-order valence-corrected chi connectivity index (χ3v) is 4.88. The van der Waals surface area contributed by atoms with E-state index in [0.29, 0.717) is 24.5 Å². The summed E-state index contributed by atoms with van der Waals surface area (Å²) in [5.41, 5.74) is 0.368. The number of amides is 2. The average molecular weight is 298 g/mol. The molecule has 0 heterocycles. The van der Waals surface area contributed by atoms with Crippen LogP contribution in [-0.2, 0) is 14.3 Å². The number of methoxy groups -OCH3 is 1. The molecule has 0 aromatic carbocycles. The molecule has 2 N–H and O–H groups in total. The molecular weight excluding hydrogens is 268 g/mol. The summed E-state index contributed by atoms with van der Waals surface area (Å²) in [6.07, 6.45) is 5.35. The Labute approximate surface area is 128 Å². The standard InChI is InChI=1S/C16H30N2O3/c1-5-16(2,3)12-6-8-13(9-7-12)18-15(20)14(19)17-10-11-21-4/h12-13H,5-11H2,1-4H3,(H,17,19)(H,18,20). The van der Waals surface area contributed by atoms with Crippen LogP contribution in [0.1, 0.15) is 52.9 Å². The van der Waals surface area contributed by atoms with Gasteiger partial charge in [0.15, 0.2) is 0 Å². The van der Waals surface area contributed by atoms with Gasteiger partial charge in [-0.05, 0) is 37.0 Å². The van der Waals surface area contributed by atoms with E-state index in [2.05, 4.69) is 31.4 Å². The Morgan fingerprint density at radius 1 is 1.14 bits per heavy atom. The Morgan fingerprint density at radius 3 is 2.29 bits per heavy atom. The fourth-order valence-corrected chi connectivity index (χ4v) is 2.91. The Balaban J connectivity index is 2.32. The van der Waals surface area contributed by atoms with E-state index in [4.69, 9.17) is 4.74 Å². The van der Waals surface area contributed by atoms with Crippen molar-refractivity contribution >= 4 is 11.8 Å². The Hall–Kier alpha value is -1.10. The first kappa shape index (κ1) is 18.0. The quantitative estimate of drug-likeness (QED) is 0.581. The van der Waals surface area contributed by atoms with Crippen molar-refractivity contribution in [2.24, 2.45) is 11.3 Å². The largest absolute Gasteiger partial charge is 0.383 e. The molecule has 1 fully saturated rings. The third kappa shape index (κ3) is 5.65. The molecule has 0 saturated heterocycles. The summed E-state index contributed by atoms with van der Waals surface area (Å²) < 4.78 is 4.83. The maximum Gasteiger partial charge on any atom is 0.309 e. The normalized spacial score (nSPS) is 22.7. The zero-order valence-corrected chi connectivity index (χ0v) is 13.8. The summed E-state index contributed by atoms with van der Waals surface area (Å²) in [5.74, 6) is -0.376. The maximum atomic E-state index is 11.8. The molecule has 0 spiro atoms. The second kappa shape index (κ2) is 8.37.